The van der Waals surface area contributed by atoms with E-state index in [1.165, 1.54) is 10.4 Å². The van der Waals surface area contributed by atoms with Crippen molar-refractivity contribution in [1.82, 2.24) is 5.32 Å². The lowest BCUT2D eigenvalue weighted by Crippen LogP contribution is -2.19. The van der Waals surface area contributed by atoms with Gasteiger partial charge in [-0.3, -0.25) is 0 Å². The van der Waals surface area contributed by atoms with Gasteiger partial charge in [-0.1, -0.05) is 30.7 Å². The van der Waals surface area contributed by atoms with E-state index < -0.39 is 0 Å². The Labute approximate surface area is 130 Å². The van der Waals surface area contributed by atoms with Crippen LogP contribution in [0.4, 0.5) is 5.69 Å². The molecule has 0 spiro atoms. The van der Waals surface area contributed by atoms with Gasteiger partial charge in [0.2, 0.25) is 0 Å². The SMILES string of the molecule is CCNC(C)c1ccc(N(C)Cc2cccs2)c(Cl)c1. The molecule has 0 amide bonds. The van der Waals surface area contributed by atoms with Gasteiger partial charge in [-0.05, 0) is 42.6 Å². The fraction of sp³-hybridized carbons (Fsp3) is 0.375. The van der Waals surface area contributed by atoms with Gasteiger partial charge in [0.05, 0.1) is 17.3 Å². The number of hydrogen-bond acceptors (Lipinski definition) is 3. The van der Waals surface area contributed by atoms with Crippen LogP contribution < -0.4 is 10.2 Å². The largest absolute Gasteiger partial charge is 0.368 e. The van der Waals surface area contributed by atoms with Crippen molar-refractivity contribution in [3.63, 3.8) is 0 Å². The monoisotopic (exact) mass is 308 g/mol. The summed E-state index contributed by atoms with van der Waals surface area (Å²) in [7, 11) is 2.08. The zero-order chi connectivity index (χ0) is 14.5. The van der Waals surface area contributed by atoms with E-state index in [4.69, 9.17) is 11.6 Å². The van der Waals surface area contributed by atoms with Crippen LogP contribution in [0.5, 0.6) is 0 Å². The molecule has 1 N–H and O–H groups in total. The minimum atomic E-state index is 0.328. The van der Waals surface area contributed by atoms with Crippen LogP contribution in [0.15, 0.2) is 35.7 Å². The van der Waals surface area contributed by atoms with E-state index in [1.54, 1.807) is 11.3 Å². The van der Waals surface area contributed by atoms with Crippen LogP contribution in [0.2, 0.25) is 5.02 Å². The molecule has 0 aliphatic heterocycles. The highest BCUT2D eigenvalue weighted by atomic mass is 35.5. The molecular formula is C16H21ClN2S. The lowest BCUT2D eigenvalue weighted by Gasteiger charge is -2.21. The summed E-state index contributed by atoms with van der Waals surface area (Å²) in [5.74, 6) is 0. The van der Waals surface area contributed by atoms with Gasteiger partial charge in [0.15, 0.2) is 0 Å². The molecule has 0 bridgehead atoms. The standard InChI is InChI=1S/C16H21ClN2S/c1-4-18-12(2)13-7-8-16(15(17)10-13)19(3)11-14-6-5-9-20-14/h5-10,12,18H,4,11H2,1-3H3. The maximum absolute atomic E-state index is 6.44. The maximum atomic E-state index is 6.44. The zero-order valence-electron chi connectivity index (χ0n) is 12.2. The molecule has 2 nitrogen and oxygen atoms in total. The van der Waals surface area contributed by atoms with Crippen molar-refractivity contribution in [2.45, 2.75) is 26.4 Å². The molecule has 1 unspecified atom stereocenters. The summed E-state index contributed by atoms with van der Waals surface area (Å²) in [6.07, 6.45) is 0. The number of nitrogens with one attached hydrogen (secondary N) is 1. The molecule has 0 radical (unpaired) electrons. The smallest absolute Gasteiger partial charge is 0.0642 e. The van der Waals surface area contributed by atoms with Crippen LogP contribution in [-0.2, 0) is 6.54 Å². The number of thiophene rings is 1. The van der Waals surface area contributed by atoms with Crippen molar-refractivity contribution in [3.8, 4) is 0 Å². The average Bonchev–Trinajstić information content (AvgIpc) is 2.91. The van der Waals surface area contributed by atoms with Crippen LogP contribution in [0.1, 0.15) is 30.3 Å². The molecule has 0 aliphatic rings. The predicted molar refractivity (Wildman–Crippen MR) is 90.0 cm³/mol. The van der Waals surface area contributed by atoms with Gasteiger partial charge in [-0.2, -0.15) is 0 Å². The first-order valence-electron chi connectivity index (χ1n) is 6.88. The summed E-state index contributed by atoms with van der Waals surface area (Å²) < 4.78 is 0. The van der Waals surface area contributed by atoms with Crippen molar-refractivity contribution in [1.29, 1.82) is 0 Å². The summed E-state index contributed by atoms with van der Waals surface area (Å²) in [5.41, 5.74) is 2.30. The third-order valence-electron chi connectivity index (χ3n) is 3.37. The van der Waals surface area contributed by atoms with Gasteiger partial charge in [-0.25, -0.2) is 0 Å². The topological polar surface area (TPSA) is 15.3 Å². The average molecular weight is 309 g/mol. The molecular weight excluding hydrogens is 288 g/mol. The van der Waals surface area contributed by atoms with Gasteiger partial charge in [0.1, 0.15) is 0 Å². The molecule has 1 heterocycles. The molecule has 108 valence electrons. The molecule has 1 aromatic heterocycles. The first-order valence-corrected chi connectivity index (χ1v) is 8.14. The first-order chi connectivity index (χ1) is 9.61. The minimum Gasteiger partial charge on any atom is -0.368 e. The Hall–Kier alpha value is -1.03. The molecule has 0 aliphatic carbocycles. The Morgan fingerprint density at radius 3 is 2.75 bits per heavy atom. The predicted octanol–water partition coefficient (Wildman–Crippen LogP) is 4.71. The number of rotatable bonds is 6. The number of nitrogens with zero attached hydrogens (tertiary/aromatic N) is 1. The Kier molecular flexibility index (Phi) is 5.46. The molecule has 0 saturated carbocycles. The molecule has 4 heteroatoms. The Balaban J connectivity index is 2.12. The summed E-state index contributed by atoms with van der Waals surface area (Å²) in [6, 6.07) is 10.9. The van der Waals surface area contributed by atoms with E-state index in [9.17, 15) is 0 Å². The zero-order valence-corrected chi connectivity index (χ0v) is 13.8. The highest BCUT2D eigenvalue weighted by Crippen LogP contribution is 2.29. The lowest BCUT2D eigenvalue weighted by molar-refractivity contribution is 0.598. The summed E-state index contributed by atoms with van der Waals surface area (Å²) in [4.78, 5) is 3.53. The second-order valence-corrected chi connectivity index (χ2v) is 6.37. The number of anilines is 1. The van der Waals surface area contributed by atoms with Crippen molar-refractivity contribution in [3.05, 3.63) is 51.2 Å². The lowest BCUT2D eigenvalue weighted by atomic mass is 10.1. The highest BCUT2D eigenvalue weighted by Gasteiger charge is 2.10. The molecule has 0 saturated heterocycles. The Morgan fingerprint density at radius 2 is 2.15 bits per heavy atom. The quantitative estimate of drug-likeness (QED) is 0.831. The van der Waals surface area contributed by atoms with Gasteiger partial charge >= 0.3 is 0 Å². The van der Waals surface area contributed by atoms with E-state index in [2.05, 4.69) is 66.8 Å². The van der Waals surface area contributed by atoms with Crippen molar-refractivity contribution < 1.29 is 0 Å². The van der Waals surface area contributed by atoms with E-state index in [0.717, 1.165) is 23.8 Å². The van der Waals surface area contributed by atoms with E-state index in [-0.39, 0.29) is 0 Å². The minimum absolute atomic E-state index is 0.328. The maximum Gasteiger partial charge on any atom is 0.0642 e. The van der Waals surface area contributed by atoms with Gasteiger partial charge < -0.3 is 10.2 Å². The van der Waals surface area contributed by atoms with Crippen LogP contribution in [0.25, 0.3) is 0 Å². The molecule has 20 heavy (non-hydrogen) atoms. The molecule has 1 atom stereocenters. The normalized spacial score (nSPS) is 12.4. The Bertz CT molecular complexity index is 539. The van der Waals surface area contributed by atoms with Crippen molar-refractivity contribution in [2.24, 2.45) is 0 Å². The van der Waals surface area contributed by atoms with Crippen LogP contribution >= 0.6 is 22.9 Å². The van der Waals surface area contributed by atoms with E-state index >= 15 is 0 Å². The van der Waals surface area contributed by atoms with Gasteiger partial charge in [0.25, 0.3) is 0 Å². The second-order valence-electron chi connectivity index (χ2n) is 4.93. The fourth-order valence-corrected chi connectivity index (χ4v) is 3.34. The summed E-state index contributed by atoms with van der Waals surface area (Å²) in [6.45, 7) is 6.11. The fourth-order valence-electron chi connectivity index (χ4n) is 2.25. The summed E-state index contributed by atoms with van der Waals surface area (Å²) >= 11 is 8.21. The highest BCUT2D eigenvalue weighted by molar-refractivity contribution is 7.09. The van der Waals surface area contributed by atoms with E-state index in [0.29, 0.717) is 6.04 Å². The van der Waals surface area contributed by atoms with Gasteiger partial charge in [0, 0.05) is 18.0 Å². The number of hydrogen-bond donors (Lipinski definition) is 1. The summed E-state index contributed by atoms with van der Waals surface area (Å²) in [5, 5.41) is 6.32. The van der Waals surface area contributed by atoms with Crippen molar-refractivity contribution >= 4 is 28.6 Å². The van der Waals surface area contributed by atoms with Gasteiger partial charge in [-0.15, -0.1) is 11.3 Å². The second kappa shape index (κ2) is 7.11. The van der Waals surface area contributed by atoms with Crippen LogP contribution in [0, 0.1) is 0 Å². The third-order valence-corrected chi connectivity index (χ3v) is 4.53. The number of benzene rings is 1. The number of halogens is 1. The van der Waals surface area contributed by atoms with Crippen LogP contribution in [0.3, 0.4) is 0 Å². The molecule has 0 fully saturated rings. The van der Waals surface area contributed by atoms with Crippen molar-refractivity contribution in [2.75, 3.05) is 18.5 Å². The first kappa shape index (κ1) is 15.4. The molecule has 1 aromatic carbocycles. The third kappa shape index (κ3) is 3.75. The molecule has 2 rings (SSSR count). The van der Waals surface area contributed by atoms with Crippen LogP contribution in [-0.4, -0.2) is 13.6 Å². The Morgan fingerprint density at radius 1 is 1.35 bits per heavy atom. The van der Waals surface area contributed by atoms with E-state index in [1.807, 2.05) is 0 Å². The molecule has 2 aromatic rings.